The van der Waals surface area contributed by atoms with Gasteiger partial charge in [-0.2, -0.15) is 0 Å². The third-order valence-electron chi connectivity index (χ3n) is 4.35. The van der Waals surface area contributed by atoms with E-state index < -0.39 is 0 Å². The first-order valence-corrected chi connectivity index (χ1v) is 8.45. The Labute approximate surface area is 147 Å². The third kappa shape index (κ3) is 3.40. The molecule has 3 rings (SSSR count). The summed E-state index contributed by atoms with van der Waals surface area (Å²) in [5, 5.41) is 2.93. The number of amides is 1. The number of carbonyl (C=O) groups excluding carboxylic acids is 1. The molecule has 0 unspecified atom stereocenters. The Morgan fingerprint density at radius 2 is 1.76 bits per heavy atom. The Bertz CT molecular complexity index is 772. The van der Waals surface area contributed by atoms with E-state index in [-0.39, 0.29) is 11.8 Å². The van der Waals surface area contributed by atoms with Crippen LogP contribution in [0.5, 0.6) is 17.2 Å². The average molecular weight is 341 g/mol. The predicted molar refractivity (Wildman–Crippen MR) is 96.9 cm³/mol. The van der Waals surface area contributed by atoms with Gasteiger partial charge in [0.2, 0.25) is 5.91 Å². The molecule has 0 aromatic heterocycles. The highest BCUT2D eigenvalue weighted by Crippen LogP contribution is 2.45. The van der Waals surface area contributed by atoms with E-state index in [9.17, 15) is 4.79 Å². The van der Waals surface area contributed by atoms with Crippen LogP contribution in [-0.4, -0.2) is 26.7 Å². The van der Waals surface area contributed by atoms with Crippen molar-refractivity contribution in [1.29, 1.82) is 0 Å². The van der Waals surface area contributed by atoms with E-state index in [4.69, 9.17) is 14.2 Å². The lowest BCUT2D eigenvalue weighted by molar-refractivity contribution is -0.116. The zero-order valence-electron chi connectivity index (χ0n) is 14.8. The number of fused-ring (bicyclic) bond motifs is 1. The normalized spacial score (nSPS) is 16.0. The van der Waals surface area contributed by atoms with Gasteiger partial charge in [-0.05, 0) is 24.1 Å². The van der Waals surface area contributed by atoms with Crippen LogP contribution in [-0.2, 0) is 4.79 Å². The fraction of sp³-hybridized carbons (Fsp3) is 0.350. The van der Waals surface area contributed by atoms with Crippen LogP contribution in [0.15, 0.2) is 36.4 Å². The molecule has 5 heteroatoms. The van der Waals surface area contributed by atoms with Crippen LogP contribution in [0.3, 0.4) is 0 Å². The quantitative estimate of drug-likeness (QED) is 0.864. The molecule has 0 radical (unpaired) electrons. The average Bonchev–Trinajstić information content (AvgIpc) is 2.64. The molecule has 0 fully saturated rings. The van der Waals surface area contributed by atoms with Crippen LogP contribution >= 0.6 is 0 Å². The molecule has 1 aliphatic rings. The first kappa shape index (κ1) is 17.1. The first-order valence-electron chi connectivity index (χ1n) is 8.45. The van der Waals surface area contributed by atoms with Crippen molar-refractivity contribution in [3.8, 4) is 17.2 Å². The third-order valence-corrected chi connectivity index (χ3v) is 4.35. The summed E-state index contributed by atoms with van der Waals surface area (Å²) in [6.07, 6.45) is 1.30. The standard InChI is InChI=1S/C20H23NO4/c1-4-9-25-17-8-6-5-7-13(17)14-11-20(22)21-16-12-19(24-3)18(23-2)10-15(14)16/h5-8,10,12,14H,4,9,11H2,1-3H3,(H,21,22)/t14-/m1/s1. The molecule has 1 N–H and O–H groups in total. The van der Waals surface area contributed by atoms with Crippen molar-refractivity contribution in [1.82, 2.24) is 0 Å². The molecule has 1 amide bonds. The van der Waals surface area contributed by atoms with E-state index in [1.807, 2.05) is 36.4 Å². The van der Waals surface area contributed by atoms with Gasteiger partial charge in [-0.1, -0.05) is 25.1 Å². The van der Waals surface area contributed by atoms with E-state index in [1.165, 1.54) is 0 Å². The molecule has 0 spiro atoms. The predicted octanol–water partition coefficient (Wildman–Crippen LogP) is 3.97. The molecule has 132 valence electrons. The number of methoxy groups -OCH3 is 2. The lowest BCUT2D eigenvalue weighted by atomic mass is 9.84. The number of ether oxygens (including phenoxy) is 3. The van der Waals surface area contributed by atoms with Gasteiger partial charge in [0.1, 0.15) is 5.75 Å². The van der Waals surface area contributed by atoms with Crippen molar-refractivity contribution >= 4 is 11.6 Å². The van der Waals surface area contributed by atoms with Crippen molar-refractivity contribution in [2.45, 2.75) is 25.7 Å². The van der Waals surface area contributed by atoms with Crippen molar-refractivity contribution < 1.29 is 19.0 Å². The number of benzene rings is 2. The summed E-state index contributed by atoms with van der Waals surface area (Å²) in [7, 11) is 3.19. The highest BCUT2D eigenvalue weighted by Gasteiger charge is 2.30. The van der Waals surface area contributed by atoms with E-state index in [0.29, 0.717) is 24.5 Å². The Balaban J connectivity index is 2.09. The molecule has 0 aliphatic carbocycles. The van der Waals surface area contributed by atoms with Gasteiger partial charge in [-0.3, -0.25) is 4.79 Å². The molecule has 1 aliphatic heterocycles. The van der Waals surface area contributed by atoms with Gasteiger partial charge in [0, 0.05) is 29.7 Å². The summed E-state index contributed by atoms with van der Waals surface area (Å²) in [5.41, 5.74) is 2.77. The van der Waals surface area contributed by atoms with E-state index in [0.717, 1.165) is 29.0 Å². The zero-order chi connectivity index (χ0) is 17.8. The summed E-state index contributed by atoms with van der Waals surface area (Å²) in [6, 6.07) is 11.7. The maximum atomic E-state index is 12.3. The highest BCUT2D eigenvalue weighted by atomic mass is 16.5. The van der Waals surface area contributed by atoms with E-state index in [1.54, 1.807) is 14.2 Å². The van der Waals surface area contributed by atoms with Gasteiger partial charge in [0.15, 0.2) is 11.5 Å². The Hall–Kier alpha value is -2.69. The zero-order valence-corrected chi connectivity index (χ0v) is 14.8. The number of anilines is 1. The SMILES string of the molecule is CCCOc1ccccc1[C@H]1CC(=O)Nc2cc(OC)c(OC)cc21. The number of para-hydroxylation sites is 1. The Kier molecular flexibility index (Phi) is 5.12. The van der Waals surface area contributed by atoms with Crippen LogP contribution < -0.4 is 19.5 Å². The number of nitrogens with one attached hydrogen (secondary N) is 1. The summed E-state index contributed by atoms with van der Waals surface area (Å²) in [6.45, 7) is 2.72. The summed E-state index contributed by atoms with van der Waals surface area (Å²) in [4.78, 5) is 12.3. The highest BCUT2D eigenvalue weighted by molar-refractivity contribution is 5.96. The maximum Gasteiger partial charge on any atom is 0.225 e. The minimum Gasteiger partial charge on any atom is -0.493 e. The molecule has 1 heterocycles. The smallest absolute Gasteiger partial charge is 0.225 e. The molecule has 2 aromatic rings. The van der Waals surface area contributed by atoms with Crippen LogP contribution in [0.1, 0.15) is 36.8 Å². The molecular weight excluding hydrogens is 318 g/mol. The van der Waals surface area contributed by atoms with Gasteiger partial charge < -0.3 is 19.5 Å². The molecule has 0 saturated carbocycles. The van der Waals surface area contributed by atoms with E-state index in [2.05, 4.69) is 12.2 Å². The molecule has 5 nitrogen and oxygen atoms in total. The van der Waals surface area contributed by atoms with E-state index >= 15 is 0 Å². The maximum absolute atomic E-state index is 12.3. The van der Waals surface area contributed by atoms with Crippen molar-refractivity contribution in [2.75, 3.05) is 26.1 Å². The number of hydrogen-bond acceptors (Lipinski definition) is 4. The van der Waals surface area contributed by atoms with Crippen molar-refractivity contribution in [3.05, 3.63) is 47.5 Å². The van der Waals surface area contributed by atoms with Crippen LogP contribution in [0, 0.1) is 0 Å². The van der Waals surface area contributed by atoms with Crippen LogP contribution in [0.4, 0.5) is 5.69 Å². The van der Waals surface area contributed by atoms with Gasteiger partial charge in [0.05, 0.1) is 20.8 Å². The topological polar surface area (TPSA) is 56.8 Å². The molecule has 2 aromatic carbocycles. The molecular formula is C20H23NO4. The minimum atomic E-state index is -0.0865. The number of rotatable bonds is 6. The Morgan fingerprint density at radius 3 is 2.48 bits per heavy atom. The molecule has 0 saturated heterocycles. The van der Waals surface area contributed by atoms with Crippen molar-refractivity contribution in [3.63, 3.8) is 0 Å². The number of hydrogen-bond donors (Lipinski definition) is 1. The second kappa shape index (κ2) is 7.47. The van der Waals surface area contributed by atoms with Gasteiger partial charge in [-0.15, -0.1) is 0 Å². The monoisotopic (exact) mass is 341 g/mol. The second-order valence-electron chi connectivity index (χ2n) is 5.99. The fourth-order valence-electron chi connectivity index (χ4n) is 3.18. The van der Waals surface area contributed by atoms with Crippen LogP contribution in [0.2, 0.25) is 0 Å². The summed E-state index contributed by atoms with van der Waals surface area (Å²) >= 11 is 0. The van der Waals surface area contributed by atoms with Gasteiger partial charge in [-0.25, -0.2) is 0 Å². The fourth-order valence-corrected chi connectivity index (χ4v) is 3.18. The lowest BCUT2D eigenvalue weighted by Crippen LogP contribution is -2.24. The van der Waals surface area contributed by atoms with Crippen LogP contribution in [0.25, 0.3) is 0 Å². The summed E-state index contributed by atoms with van der Waals surface area (Å²) in [5.74, 6) is 1.96. The van der Waals surface area contributed by atoms with Crippen molar-refractivity contribution in [2.24, 2.45) is 0 Å². The molecule has 0 bridgehead atoms. The summed E-state index contributed by atoms with van der Waals surface area (Å²) < 4.78 is 16.7. The lowest BCUT2D eigenvalue weighted by Gasteiger charge is -2.28. The number of carbonyl (C=O) groups is 1. The van der Waals surface area contributed by atoms with Gasteiger partial charge in [0.25, 0.3) is 0 Å². The largest absolute Gasteiger partial charge is 0.493 e. The van der Waals surface area contributed by atoms with Gasteiger partial charge >= 0.3 is 0 Å². The molecule has 1 atom stereocenters. The Morgan fingerprint density at radius 1 is 1.04 bits per heavy atom. The minimum absolute atomic E-state index is 0.0185. The molecule has 25 heavy (non-hydrogen) atoms. The first-order chi connectivity index (χ1) is 12.2. The second-order valence-corrected chi connectivity index (χ2v) is 5.99.